The number of ether oxygens (including phenoxy) is 1. The number of benzene rings is 4. The number of aromatic carboxylic acids is 1. The number of hydrogen-bond donors (Lipinski definition) is 2. The number of ketones is 1. The largest absolute Gasteiger partial charge is 0.478 e. The SMILES string of the molecule is CC(=O)c1cc(N)cc(C(=O)O)c1O[N@+]1(CC(C)(C)C)C(=O)CO[C@H](c2cccc3ccccc23)c2cc(Cl)ccc21. The van der Waals surface area contributed by atoms with Crippen molar-refractivity contribution in [2.75, 3.05) is 18.9 Å². The lowest BCUT2D eigenvalue weighted by Gasteiger charge is -2.37. The lowest BCUT2D eigenvalue weighted by Crippen LogP contribution is -2.61. The second-order valence-electron chi connectivity index (χ2n) is 11.7. The molecule has 0 aliphatic carbocycles. The molecule has 1 amide bonds. The third-order valence-corrected chi connectivity index (χ3v) is 7.44. The van der Waals surface area contributed by atoms with Gasteiger partial charge in [-0.2, -0.15) is 0 Å². The van der Waals surface area contributed by atoms with E-state index >= 15 is 0 Å². The molecule has 0 unspecified atom stereocenters. The topological polar surface area (TPSA) is 116 Å². The van der Waals surface area contributed by atoms with Crippen LogP contribution in [0.4, 0.5) is 11.4 Å². The van der Waals surface area contributed by atoms with Crippen LogP contribution in [0.1, 0.15) is 65.6 Å². The van der Waals surface area contributed by atoms with Gasteiger partial charge in [0.25, 0.3) is 0 Å². The first-order valence-electron chi connectivity index (χ1n) is 13.5. The number of quaternary nitrogens is 1. The molecule has 4 aromatic rings. The van der Waals surface area contributed by atoms with E-state index in [0.717, 1.165) is 16.3 Å². The highest BCUT2D eigenvalue weighted by Gasteiger charge is 2.52. The van der Waals surface area contributed by atoms with Gasteiger partial charge in [0.1, 0.15) is 18.2 Å². The Morgan fingerprint density at radius 1 is 1.02 bits per heavy atom. The number of hydroxylamine groups is 2. The lowest BCUT2D eigenvalue weighted by atomic mass is 9.92. The minimum absolute atomic E-state index is 0.0436. The van der Waals surface area contributed by atoms with Crippen LogP contribution in [0.15, 0.2) is 72.8 Å². The summed E-state index contributed by atoms with van der Waals surface area (Å²) >= 11 is 6.55. The predicted octanol–water partition coefficient (Wildman–Crippen LogP) is 6.97. The maximum absolute atomic E-state index is 14.4. The Morgan fingerprint density at radius 2 is 1.71 bits per heavy atom. The number of halogens is 1. The predicted molar refractivity (Wildman–Crippen MR) is 163 cm³/mol. The normalized spacial score (nSPS) is 18.8. The molecule has 0 saturated heterocycles. The van der Waals surface area contributed by atoms with Gasteiger partial charge < -0.3 is 20.4 Å². The van der Waals surface area contributed by atoms with Gasteiger partial charge in [-0.05, 0) is 52.2 Å². The molecule has 8 nitrogen and oxygen atoms in total. The van der Waals surface area contributed by atoms with Crippen molar-refractivity contribution in [3.05, 3.63) is 100 Å². The number of nitrogens with zero attached hydrogens (tertiary/aromatic N) is 1. The fourth-order valence-corrected chi connectivity index (χ4v) is 5.76. The summed E-state index contributed by atoms with van der Waals surface area (Å²) in [4.78, 5) is 46.1. The van der Waals surface area contributed by atoms with Gasteiger partial charge >= 0.3 is 11.9 Å². The molecule has 0 saturated carbocycles. The second kappa shape index (κ2) is 10.9. The highest BCUT2D eigenvalue weighted by Crippen LogP contribution is 2.45. The Bertz CT molecular complexity index is 1700. The molecule has 42 heavy (non-hydrogen) atoms. The Hall–Kier alpha value is -4.24. The van der Waals surface area contributed by atoms with Gasteiger partial charge in [-0.3, -0.25) is 4.79 Å². The van der Waals surface area contributed by atoms with Crippen LogP contribution in [0.5, 0.6) is 5.75 Å². The zero-order chi connectivity index (χ0) is 30.4. The zero-order valence-corrected chi connectivity index (χ0v) is 24.6. The smallest absolute Gasteiger partial charge is 0.385 e. The molecule has 4 aromatic carbocycles. The maximum atomic E-state index is 14.4. The van der Waals surface area contributed by atoms with Crippen LogP contribution in [-0.4, -0.2) is 35.9 Å². The second-order valence-corrected chi connectivity index (χ2v) is 12.1. The molecule has 1 heterocycles. The fourth-order valence-electron chi connectivity index (χ4n) is 5.58. The van der Waals surface area contributed by atoms with E-state index in [2.05, 4.69) is 0 Å². The number of anilines is 1. The van der Waals surface area contributed by atoms with Gasteiger partial charge in [0.15, 0.2) is 18.1 Å². The number of rotatable bonds is 6. The number of Topliss-reactive ketones (excluding diaryl/α,β-unsaturated/α-hetero) is 1. The Morgan fingerprint density at radius 3 is 2.40 bits per heavy atom. The van der Waals surface area contributed by atoms with Crippen molar-refractivity contribution in [1.82, 2.24) is 4.65 Å². The van der Waals surface area contributed by atoms with E-state index in [1.165, 1.54) is 19.1 Å². The van der Waals surface area contributed by atoms with E-state index in [1.807, 2.05) is 63.2 Å². The van der Waals surface area contributed by atoms with E-state index in [0.29, 0.717) is 16.3 Å². The summed E-state index contributed by atoms with van der Waals surface area (Å²) in [7, 11) is 0. The summed E-state index contributed by atoms with van der Waals surface area (Å²) in [5.74, 6) is -2.53. The highest BCUT2D eigenvalue weighted by atomic mass is 35.5. The summed E-state index contributed by atoms with van der Waals surface area (Å²) in [6, 6.07) is 21.4. The number of fused-ring (bicyclic) bond motifs is 2. The molecule has 216 valence electrons. The van der Waals surface area contributed by atoms with Crippen LogP contribution in [0.2, 0.25) is 5.02 Å². The molecule has 0 bridgehead atoms. The van der Waals surface area contributed by atoms with Crippen LogP contribution < -0.4 is 15.2 Å². The molecular weight excluding hydrogens is 556 g/mol. The molecule has 9 heteroatoms. The molecule has 1 aliphatic heterocycles. The van der Waals surface area contributed by atoms with Crippen LogP contribution in [0, 0.1) is 5.41 Å². The molecule has 0 fully saturated rings. The number of carbonyl (C=O) groups is 3. The number of nitrogen functional groups attached to an aromatic ring is 1. The third-order valence-electron chi connectivity index (χ3n) is 7.21. The summed E-state index contributed by atoms with van der Waals surface area (Å²) in [5, 5.41) is 12.5. The van der Waals surface area contributed by atoms with Crippen molar-refractivity contribution < 1.29 is 29.1 Å². The average molecular weight is 588 g/mol. The van der Waals surface area contributed by atoms with Gasteiger partial charge in [-0.25, -0.2) is 9.59 Å². The molecule has 5 rings (SSSR count). The van der Waals surface area contributed by atoms with E-state index in [9.17, 15) is 19.5 Å². The molecule has 1 aliphatic rings. The van der Waals surface area contributed by atoms with Crippen molar-refractivity contribution >= 4 is 51.4 Å². The standard InChI is InChI=1S/C33H31ClN2O6/c1-19(37)25-15-22(35)16-27(32(39)40)31(25)42-36(18-33(2,3)4)28-13-12-21(34)14-26(28)30(41-17-29(36)38)24-11-7-9-20-8-5-6-10-23(20)24/h5-16,30H,17-18,35H2,1-4H3/p+1/t30-,36+/m1/s1. The number of carboxylic acid groups (broad SMARTS) is 1. The van der Waals surface area contributed by atoms with Crippen LogP contribution in [-0.2, 0) is 9.53 Å². The quantitative estimate of drug-likeness (QED) is 0.142. The van der Waals surface area contributed by atoms with Crippen molar-refractivity contribution in [3.8, 4) is 5.75 Å². The number of amides is 1. The maximum Gasteiger partial charge on any atom is 0.385 e. The number of hydrogen-bond acceptors (Lipinski definition) is 6. The first kappa shape index (κ1) is 29.3. The fraction of sp³-hybridized carbons (Fsp3) is 0.242. The van der Waals surface area contributed by atoms with E-state index in [1.54, 1.807) is 18.2 Å². The summed E-state index contributed by atoms with van der Waals surface area (Å²) in [6.45, 7) is 6.86. The van der Waals surface area contributed by atoms with E-state index in [4.69, 9.17) is 26.9 Å². The molecule has 2 atom stereocenters. The molecule has 0 aromatic heterocycles. The molecule has 0 radical (unpaired) electrons. The van der Waals surface area contributed by atoms with Crippen LogP contribution >= 0.6 is 11.6 Å². The molecule has 3 N–H and O–H groups in total. The Kier molecular flexibility index (Phi) is 7.57. The van der Waals surface area contributed by atoms with E-state index < -0.39 is 33.8 Å². The zero-order valence-electron chi connectivity index (χ0n) is 23.8. The van der Waals surface area contributed by atoms with Gasteiger partial charge in [-0.15, -0.1) is 0 Å². The monoisotopic (exact) mass is 587 g/mol. The van der Waals surface area contributed by atoms with Crippen molar-refractivity contribution in [1.29, 1.82) is 0 Å². The number of carbonyl (C=O) groups excluding carboxylic acids is 2. The number of carboxylic acids is 1. The summed E-state index contributed by atoms with van der Waals surface area (Å²) in [5.41, 5.74) is 7.02. The van der Waals surface area contributed by atoms with Crippen molar-refractivity contribution in [3.63, 3.8) is 0 Å². The van der Waals surface area contributed by atoms with Gasteiger partial charge in [0.05, 0.1) is 11.1 Å². The first-order chi connectivity index (χ1) is 19.8. The van der Waals surface area contributed by atoms with Gasteiger partial charge in [0, 0.05) is 22.2 Å². The average Bonchev–Trinajstić information content (AvgIpc) is 3.02. The van der Waals surface area contributed by atoms with Crippen LogP contribution in [0.3, 0.4) is 0 Å². The van der Waals surface area contributed by atoms with E-state index in [-0.39, 0.29) is 35.7 Å². The lowest BCUT2D eigenvalue weighted by molar-refractivity contribution is -0.162. The van der Waals surface area contributed by atoms with Crippen LogP contribution in [0.25, 0.3) is 10.8 Å². The first-order valence-corrected chi connectivity index (χ1v) is 13.9. The Balaban J connectivity index is 1.82. The minimum Gasteiger partial charge on any atom is -0.478 e. The summed E-state index contributed by atoms with van der Waals surface area (Å²) < 4.78 is 5.60. The molecular formula is C33H32ClN2O6+. The van der Waals surface area contributed by atoms with Crippen molar-refractivity contribution in [2.24, 2.45) is 5.41 Å². The van der Waals surface area contributed by atoms with Crippen molar-refractivity contribution in [2.45, 2.75) is 33.8 Å². The highest BCUT2D eigenvalue weighted by molar-refractivity contribution is 6.30. The van der Waals surface area contributed by atoms with Gasteiger partial charge in [0.2, 0.25) is 5.75 Å². The minimum atomic E-state index is -1.35. The number of nitrogens with two attached hydrogens (primary N) is 1. The Labute approximate surface area is 248 Å². The molecule has 0 spiro atoms. The summed E-state index contributed by atoms with van der Waals surface area (Å²) in [6.07, 6.45) is -0.699. The third kappa shape index (κ3) is 5.36. The van der Waals surface area contributed by atoms with Gasteiger partial charge in [-0.1, -0.05) is 74.8 Å².